The number of amides is 2. The van der Waals surface area contributed by atoms with E-state index in [9.17, 15) is 9.59 Å². The van der Waals surface area contributed by atoms with Crippen molar-refractivity contribution in [3.8, 4) is 0 Å². The lowest BCUT2D eigenvalue weighted by Gasteiger charge is -2.23. The van der Waals surface area contributed by atoms with Gasteiger partial charge in [0, 0.05) is 12.2 Å². The van der Waals surface area contributed by atoms with Gasteiger partial charge in [-0.05, 0) is 47.9 Å². The van der Waals surface area contributed by atoms with Gasteiger partial charge in [0.2, 0.25) is 5.91 Å². The van der Waals surface area contributed by atoms with Crippen LogP contribution in [-0.4, -0.2) is 29.3 Å². The zero-order valence-corrected chi connectivity index (χ0v) is 14.8. The van der Waals surface area contributed by atoms with Crippen LogP contribution in [0.15, 0.2) is 41.8 Å². The monoisotopic (exact) mass is 342 g/mol. The van der Waals surface area contributed by atoms with E-state index in [0.717, 1.165) is 12.1 Å². The maximum Gasteiger partial charge on any atom is 0.264 e. The maximum absolute atomic E-state index is 12.7. The lowest BCUT2D eigenvalue weighted by atomic mass is 10.0. The van der Waals surface area contributed by atoms with Gasteiger partial charge in [-0.25, -0.2) is 0 Å². The summed E-state index contributed by atoms with van der Waals surface area (Å²) in [6.07, 6.45) is 1.58. The average molecular weight is 342 g/mol. The van der Waals surface area contributed by atoms with E-state index in [4.69, 9.17) is 0 Å². The van der Waals surface area contributed by atoms with Crippen LogP contribution in [0.4, 0.5) is 5.69 Å². The molecule has 2 heterocycles. The Morgan fingerprint density at radius 3 is 2.79 bits per heavy atom. The fourth-order valence-electron chi connectivity index (χ4n) is 3.03. The average Bonchev–Trinajstić information content (AvgIpc) is 3.26. The van der Waals surface area contributed by atoms with Crippen molar-refractivity contribution in [3.05, 3.63) is 52.2 Å². The van der Waals surface area contributed by atoms with Crippen LogP contribution in [0.3, 0.4) is 0 Å². The number of hydrogen-bond donors (Lipinski definition) is 1. The molecule has 1 aromatic heterocycles. The van der Waals surface area contributed by atoms with E-state index >= 15 is 0 Å². The SMILES string of the molecule is CC(C)c1cccc(NC(=O)C2CCCN2C(=O)c2cccs2)c1. The molecule has 1 aliphatic rings. The highest BCUT2D eigenvalue weighted by Crippen LogP contribution is 2.24. The molecular formula is C19H22N2O2S. The third kappa shape index (κ3) is 3.51. The molecule has 3 rings (SSSR count). The van der Waals surface area contributed by atoms with Crippen molar-refractivity contribution in [2.24, 2.45) is 0 Å². The minimum absolute atomic E-state index is 0.0430. The van der Waals surface area contributed by atoms with Crippen molar-refractivity contribution >= 4 is 28.8 Å². The number of anilines is 1. The number of likely N-dealkylation sites (tertiary alicyclic amines) is 1. The van der Waals surface area contributed by atoms with E-state index in [-0.39, 0.29) is 17.9 Å². The second-order valence-corrected chi connectivity index (χ2v) is 7.35. The summed E-state index contributed by atoms with van der Waals surface area (Å²) >= 11 is 1.42. The molecule has 1 N–H and O–H groups in total. The minimum atomic E-state index is -0.387. The van der Waals surface area contributed by atoms with Gasteiger partial charge < -0.3 is 10.2 Å². The van der Waals surface area contributed by atoms with Crippen LogP contribution >= 0.6 is 11.3 Å². The molecule has 1 aliphatic heterocycles. The number of nitrogens with zero attached hydrogens (tertiary/aromatic N) is 1. The number of carbonyl (C=O) groups excluding carboxylic acids is 2. The van der Waals surface area contributed by atoms with Crippen molar-refractivity contribution < 1.29 is 9.59 Å². The van der Waals surface area contributed by atoms with E-state index < -0.39 is 0 Å². The van der Waals surface area contributed by atoms with Crippen LogP contribution < -0.4 is 5.32 Å². The van der Waals surface area contributed by atoms with Gasteiger partial charge in [-0.1, -0.05) is 32.0 Å². The van der Waals surface area contributed by atoms with Gasteiger partial charge in [-0.2, -0.15) is 0 Å². The molecule has 2 amide bonds. The standard InChI is InChI=1S/C19H22N2O2S/c1-13(2)14-6-3-7-15(12-14)20-18(22)16-8-4-10-21(16)19(23)17-9-5-11-24-17/h3,5-7,9,11-13,16H,4,8,10H2,1-2H3,(H,20,22). The molecule has 126 valence electrons. The minimum Gasteiger partial charge on any atom is -0.326 e. The lowest BCUT2D eigenvalue weighted by Crippen LogP contribution is -2.42. The van der Waals surface area contributed by atoms with Crippen LogP contribution in [0.25, 0.3) is 0 Å². The topological polar surface area (TPSA) is 49.4 Å². The predicted molar refractivity (Wildman–Crippen MR) is 97.5 cm³/mol. The molecule has 0 saturated carbocycles. The van der Waals surface area contributed by atoms with Gasteiger partial charge in [0.15, 0.2) is 0 Å². The van der Waals surface area contributed by atoms with Crippen molar-refractivity contribution in [2.45, 2.75) is 38.6 Å². The van der Waals surface area contributed by atoms with Gasteiger partial charge in [-0.3, -0.25) is 9.59 Å². The van der Waals surface area contributed by atoms with Gasteiger partial charge in [0.25, 0.3) is 5.91 Å². The summed E-state index contributed by atoms with van der Waals surface area (Å²) in [5.41, 5.74) is 1.98. The fraction of sp³-hybridized carbons (Fsp3) is 0.368. The highest BCUT2D eigenvalue weighted by atomic mass is 32.1. The van der Waals surface area contributed by atoms with Gasteiger partial charge in [0.1, 0.15) is 6.04 Å². The number of rotatable bonds is 4. The highest BCUT2D eigenvalue weighted by molar-refractivity contribution is 7.12. The molecule has 0 bridgehead atoms. The zero-order chi connectivity index (χ0) is 17.1. The Morgan fingerprint density at radius 2 is 2.08 bits per heavy atom. The molecule has 1 unspecified atom stereocenters. The van der Waals surface area contributed by atoms with Crippen molar-refractivity contribution in [2.75, 3.05) is 11.9 Å². The van der Waals surface area contributed by atoms with Crippen LogP contribution in [0.5, 0.6) is 0 Å². The van der Waals surface area contributed by atoms with Crippen LogP contribution in [0.1, 0.15) is 47.8 Å². The molecule has 2 aromatic rings. The Kier molecular flexibility index (Phi) is 5.00. The number of hydrogen-bond acceptors (Lipinski definition) is 3. The summed E-state index contributed by atoms with van der Waals surface area (Å²) in [6, 6.07) is 11.2. The molecule has 0 aliphatic carbocycles. The van der Waals surface area contributed by atoms with Crippen molar-refractivity contribution in [1.29, 1.82) is 0 Å². The third-order valence-corrected chi connectivity index (χ3v) is 5.23. The molecule has 1 aromatic carbocycles. The first-order valence-corrected chi connectivity index (χ1v) is 9.19. The first kappa shape index (κ1) is 16.7. The number of thiophene rings is 1. The Morgan fingerprint density at radius 1 is 1.25 bits per heavy atom. The van der Waals surface area contributed by atoms with Crippen molar-refractivity contribution in [3.63, 3.8) is 0 Å². The molecule has 5 heteroatoms. The number of nitrogens with one attached hydrogen (secondary N) is 1. The zero-order valence-electron chi connectivity index (χ0n) is 14.0. The van der Waals surface area contributed by atoms with Crippen LogP contribution in [0, 0.1) is 0 Å². The van der Waals surface area contributed by atoms with E-state index in [0.29, 0.717) is 23.8 Å². The smallest absolute Gasteiger partial charge is 0.264 e. The Bertz CT molecular complexity index is 725. The Balaban J connectivity index is 1.72. The molecule has 4 nitrogen and oxygen atoms in total. The van der Waals surface area contributed by atoms with E-state index in [1.54, 1.807) is 4.90 Å². The second kappa shape index (κ2) is 7.18. The molecule has 24 heavy (non-hydrogen) atoms. The summed E-state index contributed by atoms with van der Waals surface area (Å²) in [5.74, 6) is 0.266. The van der Waals surface area contributed by atoms with Gasteiger partial charge in [0.05, 0.1) is 4.88 Å². The van der Waals surface area contributed by atoms with Crippen LogP contribution in [0.2, 0.25) is 0 Å². The van der Waals surface area contributed by atoms with Gasteiger partial charge in [-0.15, -0.1) is 11.3 Å². The molecule has 0 radical (unpaired) electrons. The van der Waals surface area contributed by atoms with Gasteiger partial charge >= 0.3 is 0 Å². The maximum atomic E-state index is 12.7. The van der Waals surface area contributed by atoms with E-state index in [1.165, 1.54) is 16.9 Å². The van der Waals surface area contributed by atoms with Crippen molar-refractivity contribution in [1.82, 2.24) is 4.90 Å². The Hall–Kier alpha value is -2.14. The summed E-state index contributed by atoms with van der Waals surface area (Å²) in [4.78, 5) is 27.6. The lowest BCUT2D eigenvalue weighted by molar-refractivity contribution is -0.119. The van der Waals surface area contributed by atoms with Crippen LogP contribution in [-0.2, 0) is 4.79 Å². The Labute approximate surface area is 146 Å². The predicted octanol–water partition coefficient (Wildman–Crippen LogP) is 4.11. The quantitative estimate of drug-likeness (QED) is 0.909. The summed E-state index contributed by atoms with van der Waals surface area (Å²) in [5, 5.41) is 4.86. The molecule has 1 saturated heterocycles. The fourth-order valence-corrected chi connectivity index (χ4v) is 3.70. The summed E-state index contributed by atoms with van der Waals surface area (Å²) < 4.78 is 0. The second-order valence-electron chi connectivity index (χ2n) is 6.40. The first-order valence-electron chi connectivity index (χ1n) is 8.31. The number of carbonyl (C=O) groups is 2. The van der Waals surface area contributed by atoms with E-state index in [2.05, 4.69) is 25.2 Å². The third-order valence-electron chi connectivity index (χ3n) is 4.37. The first-order chi connectivity index (χ1) is 11.6. The molecule has 1 fully saturated rings. The summed E-state index contributed by atoms with van der Waals surface area (Å²) in [6.45, 7) is 4.89. The van der Waals surface area contributed by atoms with E-state index in [1.807, 2.05) is 35.7 Å². The molecule has 1 atom stereocenters. The largest absolute Gasteiger partial charge is 0.326 e. The highest BCUT2D eigenvalue weighted by Gasteiger charge is 2.34. The normalized spacial score (nSPS) is 17.3. The number of benzene rings is 1. The molecular weight excluding hydrogens is 320 g/mol. The summed E-state index contributed by atoms with van der Waals surface area (Å²) in [7, 11) is 0. The molecule has 0 spiro atoms.